The fourth-order valence-corrected chi connectivity index (χ4v) is 3.37. The third-order valence-electron chi connectivity index (χ3n) is 4.11. The SMILES string of the molecule is CCOc1cc(CNc2cc(Cl)ccc2Cl)cc(Cl)c1OCc1ccccc1F. The zero-order valence-electron chi connectivity index (χ0n) is 15.6. The molecule has 1 N–H and O–H groups in total. The van der Waals surface area contributed by atoms with Crippen LogP contribution >= 0.6 is 34.8 Å². The van der Waals surface area contributed by atoms with Crippen molar-refractivity contribution in [2.24, 2.45) is 0 Å². The molecule has 29 heavy (non-hydrogen) atoms. The summed E-state index contributed by atoms with van der Waals surface area (Å²) in [6, 6.07) is 15.2. The third-order valence-corrected chi connectivity index (χ3v) is 4.96. The topological polar surface area (TPSA) is 30.5 Å². The summed E-state index contributed by atoms with van der Waals surface area (Å²) < 4.78 is 25.3. The Morgan fingerprint density at radius 1 is 0.931 bits per heavy atom. The minimum absolute atomic E-state index is 0.0438. The lowest BCUT2D eigenvalue weighted by atomic mass is 10.2. The van der Waals surface area contributed by atoms with Gasteiger partial charge in [-0.2, -0.15) is 0 Å². The lowest BCUT2D eigenvalue weighted by Gasteiger charge is -2.16. The fourth-order valence-electron chi connectivity index (χ4n) is 2.72. The van der Waals surface area contributed by atoms with Crippen molar-refractivity contribution in [1.29, 1.82) is 0 Å². The molecule has 0 unspecified atom stereocenters. The van der Waals surface area contributed by atoms with E-state index in [1.807, 2.05) is 13.0 Å². The summed E-state index contributed by atoms with van der Waals surface area (Å²) >= 11 is 18.7. The quantitative estimate of drug-likeness (QED) is 0.385. The molecule has 0 spiro atoms. The highest BCUT2D eigenvalue weighted by atomic mass is 35.5. The van der Waals surface area contributed by atoms with Crippen molar-refractivity contribution in [2.75, 3.05) is 11.9 Å². The highest BCUT2D eigenvalue weighted by Gasteiger charge is 2.14. The molecule has 0 aliphatic rings. The van der Waals surface area contributed by atoms with E-state index in [0.29, 0.717) is 51.0 Å². The number of hydrogen-bond acceptors (Lipinski definition) is 3. The molecule has 0 saturated heterocycles. The van der Waals surface area contributed by atoms with Gasteiger partial charge >= 0.3 is 0 Å². The maximum atomic E-state index is 13.9. The lowest BCUT2D eigenvalue weighted by Crippen LogP contribution is -2.05. The summed E-state index contributed by atoms with van der Waals surface area (Å²) in [5.41, 5.74) is 2.02. The van der Waals surface area contributed by atoms with Crippen molar-refractivity contribution in [1.82, 2.24) is 0 Å². The van der Waals surface area contributed by atoms with E-state index in [4.69, 9.17) is 44.3 Å². The molecule has 0 atom stereocenters. The Kier molecular flexibility index (Phi) is 7.48. The van der Waals surface area contributed by atoms with Crippen LogP contribution in [0.5, 0.6) is 11.5 Å². The van der Waals surface area contributed by atoms with Crippen LogP contribution in [-0.4, -0.2) is 6.61 Å². The van der Waals surface area contributed by atoms with Gasteiger partial charge in [-0.05, 0) is 48.9 Å². The minimum Gasteiger partial charge on any atom is -0.490 e. The van der Waals surface area contributed by atoms with Gasteiger partial charge in [0.15, 0.2) is 11.5 Å². The smallest absolute Gasteiger partial charge is 0.180 e. The predicted octanol–water partition coefficient (Wildman–Crippen LogP) is 7.38. The van der Waals surface area contributed by atoms with E-state index in [9.17, 15) is 4.39 Å². The first-order valence-electron chi connectivity index (χ1n) is 8.98. The molecule has 0 aromatic heterocycles. The average molecular weight is 455 g/mol. The van der Waals surface area contributed by atoms with Crippen LogP contribution in [0.4, 0.5) is 10.1 Å². The molecule has 0 heterocycles. The zero-order chi connectivity index (χ0) is 20.8. The van der Waals surface area contributed by atoms with Crippen molar-refractivity contribution >= 4 is 40.5 Å². The number of anilines is 1. The molecule has 152 valence electrons. The van der Waals surface area contributed by atoms with E-state index < -0.39 is 0 Å². The maximum Gasteiger partial charge on any atom is 0.180 e. The van der Waals surface area contributed by atoms with Crippen molar-refractivity contribution < 1.29 is 13.9 Å². The minimum atomic E-state index is -0.333. The number of benzene rings is 3. The standard InChI is InChI=1S/C22H19Cl3FNO2/c1-2-28-21-10-14(12-27-20-11-16(23)7-8-17(20)24)9-18(25)22(21)29-13-15-5-3-4-6-19(15)26/h3-11,27H,2,12-13H2,1H3. The fraction of sp³-hybridized carbons (Fsp3) is 0.182. The van der Waals surface area contributed by atoms with Gasteiger partial charge in [0.2, 0.25) is 0 Å². The highest BCUT2D eigenvalue weighted by Crippen LogP contribution is 2.38. The van der Waals surface area contributed by atoms with Crippen molar-refractivity contribution in [2.45, 2.75) is 20.1 Å². The van der Waals surface area contributed by atoms with Crippen LogP contribution in [0.3, 0.4) is 0 Å². The molecule has 0 aliphatic carbocycles. The molecule has 0 fully saturated rings. The van der Waals surface area contributed by atoms with Gasteiger partial charge in [-0.15, -0.1) is 0 Å². The van der Waals surface area contributed by atoms with Crippen LogP contribution in [0.2, 0.25) is 15.1 Å². The third kappa shape index (κ3) is 5.69. The van der Waals surface area contributed by atoms with E-state index in [-0.39, 0.29) is 12.4 Å². The van der Waals surface area contributed by atoms with Gasteiger partial charge in [-0.25, -0.2) is 4.39 Å². The van der Waals surface area contributed by atoms with E-state index in [0.717, 1.165) is 5.56 Å². The first kappa shape index (κ1) is 21.6. The van der Waals surface area contributed by atoms with Gasteiger partial charge in [0, 0.05) is 17.1 Å². The number of rotatable bonds is 8. The van der Waals surface area contributed by atoms with Crippen LogP contribution < -0.4 is 14.8 Å². The number of nitrogens with one attached hydrogen (secondary N) is 1. The molecule has 0 aliphatic heterocycles. The second kappa shape index (κ2) is 10.1. The Labute approximate surface area is 184 Å². The molecule has 7 heteroatoms. The van der Waals surface area contributed by atoms with Crippen LogP contribution in [0, 0.1) is 5.82 Å². The summed E-state index contributed by atoms with van der Waals surface area (Å²) in [7, 11) is 0. The first-order valence-corrected chi connectivity index (χ1v) is 10.1. The van der Waals surface area contributed by atoms with Gasteiger partial charge in [0.25, 0.3) is 0 Å². The van der Waals surface area contributed by atoms with Crippen molar-refractivity contribution in [3.63, 3.8) is 0 Å². The monoisotopic (exact) mass is 453 g/mol. The Bertz CT molecular complexity index is 998. The zero-order valence-corrected chi connectivity index (χ0v) is 17.9. The molecule has 0 amide bonds. The number of halogens is 4. The van der Waals surface area contributed by atoms with Crippen molar-refractivity contribution in [3.05, 3.63) is 86.6 Å². The lowest BCUT2D eigenvalue weighted by molar-refractivity contribution is 0.266. The van der Waals surface area contributed by atoms with Crippen molar-refractivity contribution in [3.8, 4) is 11.5 Å². The molecular weight excluding hydrogens is 436 g/mol. The molecule has 0 radical (unpaired) electrons. The summed E-state index contributed by atoms with van der Waals surface area (Å²) in [6.45, 7) is 2.80. The normalized spacial score (nSPS) is 10.7. The Balaban J connectivity index is 1.78. The molecule has 3 aromatic carbocycles. The molecular formula is C22H19Cl3FNO2. The Morgan fingerprint density at radius 3 is 2.48 bits per heavy atom. The van der Waals surface area contributed by atoms with Crippen LogP contribution in [0.1, 0.15) is 18.1 Å². The van der Waals surface area contributed by atoms with E-state index in [1.54, 1.807) is 42.5 Å². The largest absolute Gasteiger partial charge is 0.490 e. The second-order valence-electron chi connectivity index (χ2n) is 6.20. The summed E-state index contributed by atoms with van der Waals surface area (Å²) in [5.74, 6) is 0.535. The predicted molar refractivity (Wildman–Crippen MR) is 117 cm³/mol. The average Bonchev–Trinajstić information content (AvgIpc) is 2.69. The van der Waals surface area contributed by atoms with Crippen LogP contribution in [0.25, 0.3) is 0 Å². The van der Waals surface area contributed by atoms with E-state index in [2.05, 4.69) is 5.32 Å². The number of hydrogen-bond donors (Lipinski definition) is 1. The first-order chi connectivity index (χ1) is 14.0. The summed E-state index contributed by atoms with van der Waals surface area (Å²) in [5, 5.41) is 4.76. The second-order valence-corrected chi connectivity index (χ2v) is 7.45. The van der Waals surface area contributed by atoms with E-state index in [1.165, 1.54) is 6.07 Å². The Morgan fingerprint density at radius 2 is 1.72 bits per heavy atom. The van der Waals surface area contributed by atoms with Crippen LogP contribution in [-0.2, 0) is 13.2 Å². The van der Waals surface area contributed by atoms with Gasteiger partial charge in [-0.3, -0.25) is 0 Å². The molecule has 3 rings (SSSR count). The van der Waals surface area contributed by atoms with Gasteiger partial charge < -0.3 is 14.8 Å². The highest BCUT2D eigenvalue weighted by molar-refractivity contribution is 6.35. The summed E-state index contributed by atoms with van der Waals surface area (Å²) in [4.78, 5) is 0. The molecule has 0 saturated carbocycles. The van der Waals surface area contributed by atoms with Gasteiger partial charge in [-0.1, -0.05) is 53.0 Å². The summed E-state index contributed by atoms with van der Waals surface area (Å²) in [6.07, 6.45) is 0. The Hall–Kier alpha value is -2.14. The number of ether oxygens (including phenoxy) is 2. The van der Waals surface area contributed by atoms with E-state index >= 15 is 0 Å². The van der Waals surface area contributed by atoms with Gasteiger partial charge in [0.05, 0.1) is 22.3 Å². The van der Waals surface area contributed by atoms with Crippen LogP contribution in [0.15, 0.2) is 54.6 Å². The molecule has 3 aromatic rings. The van der Waals surface area contributed by atoms with Gasteiger partial charge in [0.1, 0.15) is 12.4 Å². The maximum absolute atomic E-state index is 13.9. The molecule has 0 bridgehead atoms. The molecule has 3 nitrogen and oxygen atoms in total.